The SMILES string of the molecule is C.C.Cl.NC1CCC(=O)NC1=O.O=C1CCC(N2C(=O)c3cccc(O)c3C2=O)C(=O)N1.O=C1OC(=O)c2c(O)cccc21.[2H-]. The van der Waals surface area contributed by atoms with Crippen molar-refractivity contribution in [1.82, 2.24) is 15.5 Å². The molecule has 0 spiro atoms. The van der Waals surface area contributed by atoms with Crippen molar-refractivity contribution in [3.63, 3.8) is 0 Å². The molecule has 2 aromatic carbocycles. The molecular weight excluding hydrogens is 604 g/mol. The van der Waals surface area contributed by atoms with E-state index < -0.39 is 47.7 Å². The smallest absolute Gasteiger partial charge is 0.350 e. The lowest BCUT2D eigenvalue weighted by Gasteiger charge is -2.27. The van der Waals surface area contributed by atoms with E-state index in [-0.39, 0.29) is 87.1 Å². The monoisotopic (exact) mass is 636 g/mol. The fourth-order valence-corrected chi connectivity index (χ4v) is 4.32. The van der Waals surface area contributed by atoms with Gasteiger partial charge in [0.25, 0.3) is 11.8 Å². The highest BCUT2D eigenvalue weighted by Gasteiger charge is 2.45. The summed E-state index contributed by atoms with van der Waals surface area (Å²) in [6.07, 6.45) is 1.00. The van der Waals surface area contributed by atoms with Gasteiger partial charge in [0.2, 0.25) is 23.6 Å². The first-order valence-corrected chi connectivity index (χ1v) is 12.1. The normalized spacial score (nSPS) is 19.6. The van der Waals surface area contributed by atoms with E-state index in [0.29, 0.717) is 12.8 Å². The van der Waals surface area contributed by atoms with Crippen LogP contribution in [0.3, 0.4) is 0 Å². The van der Waals surface area contributed by atoms with Crippen molar-refractivity contribution in [3.05, 3.63) is 58.7 Å². The molecule has 15 nitrogen and oxygen atoms in total. The molecule has 6 rings (SSSR count). The number of aromatic hydroxyl groups is 2. The van der Waals surface area contributed by atoms with Gasteiger partial charge in [-0.2, -0.15) is 0 Å². The third kappa shape index (κ3) is 7.25. The average Bonchev–Trinajstić information content (AvgIpc) is 3.35. The number of phenols is 2. The van der Waals surface area contributed by atoms with Gasteiger partial charge >= 0.3 is 11.9 Å². The fraction of sp³-hybridized carbons (Fsp3) is 0.286. The maximum atomic E-state index is 12.2. The van der Waals surface area contributed by atoms with Crippen molar-refractivity contribution in [1.29, 1.82) is 0 Å². The van der Waals surface area contributed by atoms with Gasteiger partial charge in [-0.1, -0.05) is 27.0 Å². The molecule has 0 aliphatic carbocycles. The Bertz CT molecular complexity index is 1550. The molecule has 4 aliphatic heterocycles. The zero-order chi connectivity index (χ0) is 30.0. The number of piperidine rings is 2. The topological polar surface area (TPSA) is 240 Å². The molecule has 2 saturated heterocycles. The maximum Gasteiger partial charge on any atom is 0.350 e. The number of cyclic esters (lactones) is 2. The molecule has 0 aromatic heterocycles. The number of hydrogen-bond acceptors (Lipinski definition) is 12. The minimum atomic E-state index is -1.01. The van der Waals surface area contributed by atoms with Crippen LogP contribution in [0.15, 0.2) is 36.4 Å². The second-order valence-electron chi connectivity index (χ2n) is 9.08. The summed E-state index contributed by atoms with van der Waals surface area (Å²) in [6.45, 7) is 0. The molecule has 0 bridgehead atoms. The summed E-state index contributed by atoms with van der Waals surface area (Å²) in [7, 11) is 0. The summed E-state index contributed by atoms with van der Waals surface area (Å²) in [4.78, 5) is 90.9. The zero-order valence-corrected chi connectivity index (χ0v) is 22.3. The van der Waals surface area contributed by atoms with Gasteiger partial charge < -0.3 is 22.1 Å². The van der Waals surface area contributed by atoms with Gasteiger partial charge in [0, 0.05) is 12.8 Å². The van der Waals surface area contributed by atoms with Crippen LogP contribution in [-0.2, 0) is 23.9 Å². The lowest BCUT2D eigenvalue weighted by Crippen LogP contribution is -2.54. The van der Waals surface area contributed by atoms with E-state index in [2.05, 4.69) is 15.4 Å². The quantitative estimate of drug-likeness (QED) is 0.168. The van der Waals surface area contributed by atoms with Crippen LogP contribution in [0.25, 0.3) is 0 Å². The number of imide groups is 3. The highest BCUT2D eigenvalue weighted by atomic mass is 35.5. The second-order valence-corrected chi connectivity index (χ2v) is 9.08. The van der Waals surface area contributed by atoms with Gasteiger partial charge in [0.05, 0.1) is 22.7 Å². The van der Waals surface area contributed by atoms with Crippen molar-refractivity contribution < 1.29 is 54.7 Å². The standard InChI is InChI=1S/C13H10N2O5.C8H4O4.C5H8N2O2.2CH4.ClH.H/c16-8-3-1-2-6-10(8)13(20)15(12(6)19)7-4-5-9(17)14-11(7)18;9-5-3-1-2-4-6(5)8(11)12-7(4)10;6-3-1-2-4(8)7-5(3)9;;;;/h1-3,7,16H,4-5H2,(H,14,17,18);1-3,9H;3H,1-2,6H2,(H,7,8,9);2*1H4;1H;/q;;;;;;-1/i;;;;;;1+1. The van der Waals surface area contributed by atoms with E-state index in [1.165, 1.54) is 36.4 Å². The first-order valence-electron chi connectivity index (χ1n) is 12.1. The lowest BCUT2D eigenvalue weighted by atomic mass is 10.0. The number of rotatable bonds is 1. The highest BCUT2D eigenvalue weighted by molar-refractivity contribution is 6.24. The van der Waals surface area contributed by atoms with Crippen molar-refractivity contribution in [2.75, 3.05) is 0 Å². The number of halogens is 1. The number of nitrogens with two attached hydrogens (primary N) is 1. The van der Waals surface area contributed by atoms with E-state index in [1.807, 2.05) is 0 Å². The Morgan fingerprint density at radius 1 is 0.727 bits per heavy atom. The lowest BCUT2D eigenvalue weighted by molar-refractivity contribution is -0.137. The molecule has 2 fully saturated rings. The van der Waals surface area contributed by atoms with Gasteiger partial charge in [-0.25, -0.2) is 9.59 Å². The summed E-state index contributed by atoms with van der Waals surface area (Å²) in [5.74, 6) is -5.01. The number of amides is 6. The number of benzene rings is 2. The molecule has 2 atom stereocenters. The van der Waals surface area contributed by atoms with Gasteiger partial charge in [-0.15, -0.1) is 12.4 Å². The Morgan fingerprint density at radius 3 is 1.75 bits per heavy atom. The first-order chi connectivity index (χ1) is 19.4. The predicted octanol–water partition coefficient (Wildman–Crippen LogP) is 1.05. The maximum absolute atomic E-state index is 12.2. The molecule has 0 saturated carbocycles. The number of fused-ring (bicyclic) bond motifs is 2. The minimum Gasteiger partial charge on any atom is -1.00 e. The average molecular weight is 637 g/mol. The molecule has 2 unspecified atom stereocenters. The summed E-state index contributed by atoms with van der Waals surface area (Å²) < 4.78 is 4.27. The molecule has 238 valence electrons. The van der Waals surface area contributed by atoms with Crippen LogP contribution in [0.1, 0.15) is 83.4 Å². The second kappa shape index (κ2) is 14.8. The molecule has 2 aromatic rings. The fourth-order valence-electron chi connectivity index (χ4n) is 4.32. The van der Waals surface area contributed by atoms with Crippen molar-refractivity contribution in [3.8, 4) is 11.5 Å². The van der Waals surface area contributed by atoms with Crippen LogP contribution in [0, 0.1) is 0 Å². The number of hydrogen-bond donors (Lipinski definition) is 5. The van der Waals surface area contributed by atoms with Crippen LogP contribution in [0.5, 0.6) is 11.5 Å². The summed E-state index contributed by atoms with van der Waals surface area (Å²) in [5, 5.41) is 23.1. The van der Waals surface area contributed by atoms with E-state index in [4.69, 9.17) is 10.8 Å². The first kappa shape index (κ1) is 36.9. The van der Waals surface area contributed by atoms with Crippen LogP contribution in [-0.4, -0.2) is 74.6 Å². The van der Waals surface area contributed by atoms with E-state index >= 15 is 0 Å². The summed E-state index contributed by atoms with van der Waals surface area (Å²) in [6, 6.07) is 6.92. The van der Waals surface area contributed by atoms with Gasteiger partial charge in [-0.3, -0.25) is 44.3 Å². The molecular formula is C28H32ClN4O11-. The Kier molecular flexibility index (Phi) is 12.4. The Hall–Kier alpha value is -5.15. The number of nitrogens with one attached hydrogen (secondary N) is 2. The molecule has 4 aliphatic rings. The molecule has 6 N–H and O–H groups in total. The van der Waals surface area contributed by atoms with Crippen molar-refractivity contribution in [2.24, 2.45) is 5.73 Å². The Morgan fingerprint density at radius 2 is 1.25 bits per heavy atom. The summed E-state index contributed by atoms with van der Waals surface area (Å²) in [5.41, 5.74) is 5.34. The van der Waals surface area contributed by atoms with Gasteiger partial charge in [-0.05, 0) is 37.1 Å². The minimum absolute atomic E-state index is 0. The molecule has 16 heteroatoms. The van der Waals surface area contributed by atoms with Gasteiger partial charge in [0.1, 0.15) is 23.1 Å². The van der Waals surface area contributed by atoms with Crippen molar-refractivity contribution >= 4 is 59.8 Å². The van der Waals surface area contributed by atoms with Crippen LogP contribution >= 0.6 is 12.4 Å². The van der Waals surface area contributed by atoms with Gasteiger partial charge in [0.15, 0.2) is 0 Å². The predicted molar refractivity (Wildman–Crippen MR) is 155 cm³/mol. The van der Waals surface area contributed by atoms with E-state index in [0.717, 1.165) is 4.90 Å². The van der Waals surface area contributed by atoms with Crippen molar-refractivity contribution in [2.45, 2.75) is 52.6 Å². The van der Waals surface area contributed by atoms with E-state index in [1.54, 1.807) is 0 Å². The number of carbonyl (C=O) groups excluding carboxylic acids is 8. The third-order valence-electron chi connectivity index (χ3n) is 6.38. The molecule has 44 heavy (non-hydrogen) atoms. The number of esters is 2. The molecule has 0 radical (unpaired) electrons. The van der Waals surface area contributed by atoms with Crippen LogP contribution < -0.4 is 16.4 Å². The number of ether oxygens (including phenoxy) is 1. The largest absolute Gasteiger partial charge is 1.00 e. The number of carbonyl (C=O) groups is 8. The van der Waals surface area contributed by atoms with Crippen LogP contribution in [0.2, 0.25) is 0 Å². The highest BCUT2D eigenvalue weighted by Crippen LogP contribution is 2.32. The number of nitrogens with zero attached hydrogens (tertiary/aromatic N) is 1. The zero-order valence-electron chi connectivity index (χ0n) is 22.4. The molecule has 6 amide bonds. The number of phenolic OH excluding ortho intramolecular Hbond substituents is 2. The summed E-state index contributed by atoms with van der Waals surface area (Å²) >= 11 is 0. The molecule has 4 heterocycles. The third-order valence-corrected chi connectivity index (χ3v) is 6.38. The Balaban J connectivity index is 0.000000671. The van der Waals surface area contributed by atoms with Crippen LogP contribution in [0.4, 0.5) is 0 Å². The Labute approximate surface area is 258 Å². The van der Waals surface area contributed by atoms with E-state index in [9.17, 15) is 43.5 Å².